The largest absolute Gasteiger partial charge is 0.281 e. The highest BCUT2D eigenvalue weighted by molar-refractivity contribution is 6.24. The zero-order valence-electron chi connectivity index (χ0n) is 13.7. The molecule has 122 valence electrons. The summed E-state index contributed by atoms with van der Waals surface area (Å²) in [5.74, 6) is 0. The molecule has 0 saturated heterocycles. The molecule has 1 aromatic carbocycles. The van der Waals surface area contributed by atoms with Crippen molar-refractivity contribution in [1.29, 1.82) is 0 Å². The Morgan fingerprint density at radius 3 is 2.71 bits per heavy atom. The van der Waals surface area contributed by atoms with Crippen molar-refractivity contribution in [3.05, 3.63) is 57.3 Å². The third-order valence-corrected chi connectivity index (χ3v) is 4.99. The number of aryl methyl sites for hydroxylation is 1. The van der Waals surface area contributed by atoms with E-state index in [1.807, 2.05) is 18.2 Å². The van der Waals surface area contributed by atoms with E-state index < -0.39 is 0 Å². The van der Waals surface area contributed by atoms with E-state index in [0.717, 1.165) is 40.9 Å². The van der Waals surface area contributed by atoms with Crippen molar-refractivity contribution in [2.24, 2.45) is 4.99 Å². The minimum absolute atomic E-state index is 0.143. The Bertz CT molecular complexity index is 852. The van der Waals surface area contributed by atoms with Crippen LogP contribution in [-0.4, -0.2) is 21.7 Å². The summed E-state index contributed by atoms with van der Waals surface area (Å²) in [6.45, 7) is 1.78. The molecule has 0 atom stereocenters. The third kappa shape index (κ3) is 2.40. The average molecular weight is 321 g/mol. The summed E-state index contributed by atoms with van der Waals surface area (Å²) >= 11 is 0. The average Bonchev–Trinajstić information content (AvgIpc) is 2.88. The summed E-state index contributed by atoms with van der Waals surface area (Å²) in [6.07, 6.45) is 7.74. The fraction of sp³-hybridized carbons (Fsp3) is 0.368. The second-order valence-electron chi connectivity index (χ2n) is 6.61. The maximum atomic E-state index is 11.3. The Morgan fingerprint density at radius 1 is 1.17 bits per heavy atom. The SMILES string of the molecule is Cc1cc2c(cc1[N+](=O)[O-])-c1ncccc1C2=NC1CCCCC1. The summed E-state index contributed by atoms with van der Waals surface area (Å²) < 4.78 is 0. The summed E-state index contributed by atoms with van der Waals surface area (Å²) in [6, 6.07) is 7.83. The zero-order chi connectivity index (χ0) is 16.7. The molecule has 0 radical (unpaired) electrons. The highest BCUT2D eigenvalue weighted by atomic mass is 16.6. The first kappa shape index (κ1) is 15.0. The van der Waals surface area contributed by atoms with Crippen molar-refractivity contribution in [3.63, 3.8) is 0 Å². The van der Waals surface area contributed by atoms with Gasteiger partial charge in [-0.1, -0.05) is 19.3 Å². The van der Waals surface area contributed by atoms with Gasteiger partial charge in [-0.15, -0.1) is 0 Å². The third-order valence-electron chi connectivity index (χ3n) is 4.99. The Morgan fingerprint density at radius 2 is 1.96 bits per heavy atom. The number of fused-ring (bicyclic) bond motifs is 3. The first-order chi connectivity index (χ1) is 11.6. The van der Waals surface area contributed by atoms with E-state index in [1.165, 1.54) is 19.3 Å². The Labute approximate surface area is 140 Å². The van der Waals surface area contributed by atoms with Crippen LogP contribution in [0.1, 0.15) is 48.8 Å². The van der Waals surface area contributed by atoms with Crippen LogP contribution in [0, 0.1) is 17.0 Å². The topological polar surface area (TPSA) is 68.4 Å². The Hall–Kier alpha value is -2.56. The van der Waals surface area contributed by atoms with Crippen LogP contribution in [0.3, 0.4) is 0 Å². The van der Waals surface area contributed by atoms with Gasteiger partial charge in [0, 0.05) is 34.5 Å². The molecule has 0 unspecified atom stereocenters. The van der Waals surface area contributed by atoms with Gasteiger partial charge in [0.25, 0.3) is 5.69 Å². The van der Waals surface area contributed by atoms with Crippen molar-refractivity contribution in [2.75, 3.05) is 0 Å². The van der Waals surface area contributed by atoms with Crippen LogP contribution in [0.2, 0.25) is 0 Å². The van der Waals surface area contributed by atoms with Gasteiger partial charge >= 0.3 is 0 Å². The van der Waals surface area contributed by atoms with E-state index in [2.05, 4.69) is 4.98 Å². The maximum absolute atomic E-state index is 11.3. The smallest absolute Gasteiger partial charge is 0.273 e. The van der Waals surface area contributed by atoms with Gasteiger partial charge in [-0.3, -0.25) is 20.1 Å². The number of benzene rings is 1. The maximum Gasteiger partial charge on any atom is 0.273 e. The van der Waals surface area contributed by atoms with Crippen LogP contribution in [0.5, 0.6) is 0 Å². The molecule has 2 aliphatic carbocycles. The van der Waals surface area contributed by atoms with Crippen molar-refractivity contribution < 1.29 is 4.92 Å². The molecule has 2 aliphatic rings. The van der Waals surface area contributed by atoms with E-state index in [0.29, 0.717) is 11.6 Å². The highest BCUT2D eigenvalue weighted by Crippen LogP contribution is 2.39. The normalized spacial score (nSPS) is 18.5. The number of nitro groups is 1. The monoisotopic (exact) mass is 321 g/mol. The minimum Gasteiger partial charge on any atom is -0.281 e. The molecule has 0 N–H and O–H groups in total. The second-order valence-corrected chi connectivity index (χ2v) is 6.61. The summed E-state index contributed by atoms with van der Waals surface area (Å²) in [5.41, 5.74) is 5.39. The summed E-state index contributed by atoms with van der Waals surface area (Å²) in [7, 11) is 0. The number of aromatic nitrogens is 1. The standard InChI is InChI=1S/C19H19N3O2/c1-12-10-15-16(11-17(12)22(23)24)18-14(8-5-9-20-18)19(15)21-13-6-3-2-4-7-13/h5,8-11,13H,2-4,6-7H2,1H3. The van der Waals surface area contributed by atoms with E-state index in [-0.39, 0.29) is 10.6 Å². The van der Waals surface area contributed by atoms with Gasteiger partial charge < -0.3 is 0 Å². The fourth-order valence-electron chi connectivity index (χ4n) is 3.77. The predicted octanol–water partition coefficient (Wildman–Crippen LogP) is 4.45. The van der Waals surface area contributed by atoms with Crippen molar-refractivity contribution in [2.45, 2.75) is 45.1 Å². The van der Waals surface area contributed by atoms with E-state index >= 15 is 0 Å². The first-order valence-electron chi connectivity index (χ1n) is 8.48. The summed E-state index contributed by atoms with van der Waals surface area (Å²) in [4.78, 5) is 20.5. The Kier molecular flexibility index (Phi) is 3.63. The molecule has 0 aliphatic heterocycles. The zero-order valence-corrected chi connectivity index (χ0v) is 13.7. The van der Waals surface area contributed by atoms with Gasteiger partial charge in [0.05, 0.1) is 22.4 Å². The molecule has 4 rings (SSSR count). The number of hydrogen-bond donors (Lipinski definition) is 0. The van der Waals surface area contributed by atoms with Crippen molar-refractivity contribution in [1.82, 2.24) is 4.98 Å². The predicted molar refractivity (Wildman–Crippen MR) is 93.6 cm³/mol. The van der Waals surface area contributed by atoms with Crippen molar-refractivity contribution >= 4 is 11.4 Å². The number of nitrogens with zero attached hydrogens (tertiary/aromatic N) is 3. The molecule has 5 heteroatoms. The number of aliphatic imine (C=N–C) groups is 1. The molecule has 24 heavy (non-hydrogen) atoms. The number of pyridine rings is 1. The lowest BCUT2D eigenvalue weighted by Crippen LogP contribution is -2.13. The van der Waals surface area contributed by atoms with Gasteiger partial charge in [-0.05, 0) is 38.0 Å². The molecule has 0 amide bonds. The first-order valence-corrected chi connectivity index (χ1v) is 8.48. The molecule has 2 aromatic rings. The fourth-order valence-corrected chi connectivity index (χ4v) is 3.77. The molecular weight excluding hydrogens is 302 g/mol. The summed E-state index contributed by atoms with van der Waals surface area (Å²) in [5, 5.41) is 11.3. The number of hydrogen-bond acceptors (Lipinski definition) is 4. The molecule has 1 saturated carbocycles. The van der Waals surface area contributed by atoms with Crippen LogP contribution in [0.15, 0.2) is 35.5 Å². The van der Waals surface area contributed by atoms with Gasteiger partial charge in [0.15, 0.2) is 0 Å². The minimum atomic E-state index is -0.325. The molecule has 1 aromatic heterocycles. The number of rotatable bonds is 2. The molecule has 5 nitrogen and oxygen atoms in total. The van der Waals surface area contributed by atoms with Crippen molar-refractivity contribution in [3.8, 4) is 11.3 Å². The van der Waals surface area contributed by atoms with Crippen LogP contribution < -0.4 is 0 Å². The quantitative estimate of drug-likeness (QED) is 0.517. The molecular formula is C19H19N3O2. The second kappa shape index (κ2) is 5.82. The van der Waals surface area contributed by atoms with Crippen LogP contribution >= 0.6 is 0 Å². The highest BCUT2D eigenvalue weighted by Gasteiger charge is 2.30. The van der Waals surface area contributed by atoms with E-state index in [9.17, 15) is 10.1 Å². The van der Waals surface area contributed by atoms with E-state index in [4.69, 9.17) is 4.99 Å². The lowest BCUT2D eigenvalue weighted by atomic mass is 9.95. The van der Waals surface area contributed by atoms with Gasteiger partial charge in [-0.25, -0.2) is 0 Å². The molecule has 0 bridgehead atoms. The van der Waals surface area contributed by atoms with Gasteiger partial charge in [0.2, 0.25) is 0 Å². The number of nitro benzene ring substituents is 1. The molecule has 1 heterocycles. The Balaban J connectivity index is 1.89. The van der Waals surface area contributed by atoms with Gasteiger partial charge in [-0.2, -0.15) is 0 Å². The lowest BCUT2D eigenvalue weighted by molar-refractivity contribution is -0.385. The molecule has 0 spiro atoms. The van der Waals surface area contributed by atoms with E-state index in [1.54, 1.807) is 19.2 Å². The van der Waals surface area contributed by atoms with Crippen LogP contribution in [0.4, 0.5) is 5.69 Å². The van der Waals surface area contributed by atoms with Crippen LogP contribution in [-0.2, 0) is 0 Å². The molecule has 1 fully saturated rings. The van der Waals surface area contributed by atoms with Gasteiger partial charge in [0.1, 0.15) is 0 Å². The lowest BCUT2D eigenvalue weighted by Gasteiger charge is -2.18. The van der Waals surface area contributed by atoms with Crippen LogP contribution in [0.25, 0.3) is 11.3 Å².